The molecule has 0 saturated carbocycles. The summed E-state index contributed by atoms with van der Waals surface area (Å²) in [5.74, 6) is 0.361. The summed E-state index contributed by atoms with van der Waals surface area (Å²) in [6.07, 6.45) is 3.50. The van der Waals surface area contributed by atoms with Gasteiger partial charge in [-0.15, -0.1) is 0 Å². The number of aryl methyl sites for hydroxylation is 2. The highest BCUT2D eigenvalue weighted by molar-refractivity contribution is 9.10. The SMILES string of the molecule is CCCCc1cc(C)c(O)c(Br)c1. The average Bonchev–Trinajstić information content (AvgIpc) is 2.10. The van der Waals surface area contributed by atoms with Crippen LogP contribution >= 0.6 is 15.9 Å². The van der Waals surface area contributed by atoms with Gasteiger partial charge in [-0.1, -0.05) is 19.4 Å². The normalized spacial score (nSPS) is 10.4. The molecule has 0 aliphatic carbocycles. The number of aromatic hydroxyl groups is 1. The number of hydrogen-bond acceptors (Lipinski definition) is 1. The van der Waals surface area contributed by atoms with Crippen molar-refractivity contribution in [3.05, 3.63) is 27.7 Å². The van der Waals surface area contributed by atoms with Crippen LogP contribution in [0.15, 0.2) is 16.6 Å². The third-order valence-electron chi connectivity index (χ3n) is 2.13. The van der Waals surface area contributed by atoms with Crippen LogP contribution in [0, 0.1) is 6.92 Å². The lowest BCUT2D eigenvalue weighted by Crippen LogP contribution is -1.87. The molecular formula is C11H15BrO. The molecule has 0 atom stereocenters. The van der Waals surface area contributed by atoms with Crippen LogP contribution in [0.2, 0.25) is 0 Å². The third kappa shape index (κ3) is 2.73. The molecule has 0 aromatic heterocycles. The van der Waals surface area contributed by atoms with Crippen molar-refractivity contribution in [1.82, 2.24) is 0 Å². The molecule has 0 amide bonds. The minimum absolute atomic E-state index is 0.361. The topological polar surface area (TPSA) is 20.2 Å². The van der Waals surface area contributed by atoms with Crippen molar-refractivity contribution < 1.29 is 5.11 Å². The molecule has 1 N–H and O–H groups in total. The van der Waals surface area contributed by atoms with Gasteiger partial charge in [-0.25, -0.2) is 0 Å². The number of phenols is 1. The zero-order chi connectivity index (χ0) is 9.84. The highest BCUT2D eigenvalue weighted by Crippen LogP contribution is 2.29. The maximum absolute atomic E-state index is 9.51. The van der Waals surface area contributed by atoms with Gasteiger partial charge in [0.2, 0.25) is 0 Å². The number of benzene rings is 1. The van der Waals surface area contributed by atoms with Crippen molar-refractivity contribution in [3.63, 3.8) is 0 Å². The fourth-order valence-corrected chi connectivity index (χ4v) is 1.94. The van der Waals surface area contributed by atoms with Crippen molar-refractivity contribution in [3.8, 4) is 5.75 Å². The molecular weight excluding hydrogens is 228 g/mol. The average molecular weight is 243 g/mol. The van der Waals surface area contributed by atoms with Crippen LogP contribution in [0.1, 0.15) is 30.9 Å². The quantitative estimate of drug-likeness (QED) is 0.855. The summed E-state index contributed by atoms with van der Waals surface area (Å²) in [6.45, 7) is 4.11. The molecule has 0 radical (unpaired) electrons. The van der Waals surface area contributed by atoms with E-state index in [4.69, 9.17) is 0 Å². The molecule has 0 unspecified atom stereocenters. The maximum atomic E-state index is 9.51. The van der Waals surface area contributed by atoms with E-state index in [1.54, 1.807) is 0 Å². The Labute approximate surface area is 87.9 Å². The van der Waals surface area contributed by atoms with Crippen molar-refractivity contribution in [2.24, 2.45) is 0 Å². The predicted octanol–water partition coefficient (Wildman–Crippen LogP) is 3.81. The van der Waals surface area contributed by atoms with Gasteiger partial charge in [-0.2, -0.15) is 0 Å². The smallest absolute Gasteiger partial charge is 0.132 e. The summed E-state index contributed by atoms with van der Waals surface area (Å²) >= 11 is 3.34. The third-order valence-corrected chi connectivity index (χ3v) is 2.74. The Hall–Kier alpha value is -0.500. The molecule has 2 heteroatoms. The van der Waals surface area contributed by atoms with E-state index < -0.39 is 0 Å². The van der Waals surface area contributed by atoms with Crippen LogP contribution in [0.5, 0.6) is 5.75 Å². The van der Waals surface area contributed by atoms with Gasteiger partial charge in [-0.3, -0.25) is 0 Å². The monoisotopic (exact) mass is 242 g/mol. The van der Waals surface area contributed by atoms with E-state index in [0.717, 1.165) is 16.5 Å². The van der Waals surface area contributed by atoms with Crippen LogP contribution in [0.3, 0.4) is 0 Å². The summed E-state index contributed by atoms with van der Waals surface area (Å²) in [4.78, 5) is 0. The Bertz CT molecular complexity index is 271. The van der Waals surface area contributed by atoms with E-state index in [1.807, 2.05) is 13.0 Å². The maximum Gasteiger partial charge on any atom is 0.132 e. The Morgan fingerprint density at radius 3 is 2.62 bits per heavy atom. The largest absolute Gasteiger partial charge is 0.506 e. The van der Waals surface area contributed by atoms with Gasteiger partial charge in [0.05, 0.1) is 4.47 Å². The Balaban J connectivity index is 2.86. The zero-order valence-corrected chi connectivity index (χ0v) is 9.69. The first-order valence-electron chi connectivity index (χ1n) is 4.63. The molecule has 0 fully saturated rings. The Kier molecular flexibility index (Phi) is 3.79. The van der Waals surface area contributed by atoms with Crippen LogP contribution in [0.25, 0.3) is 0 Å². The minimum atomic E-state index is 0.361. The van der Waals surface area contributed by atoms with Gasteiger partial charge in [0.1, 0.15) is 5.75 Å². The van der Waals surface area contributed by atoms with Gasteiger partial charge < -0.3 is 5.11 Å². The lowest BCUT2D eigenvalue weighted by atomic mass is 10.1. The van der Waals surface area contributed by atoms with Crippen molar-refractivity contribution in [2.45, 2.75) is 33.1 Å². The van der Waals surface area contributed by atoms with Crippen LogP contribution in [-0.2, 0) is 6.42 Å². The molecule has 1 rings (SSSR count). The van der Waals surface area contributed by atoms with Gasteiger partial charge in [0, 0.05) is 0 Å². The summed E-state index contributed by atoms with van der Waals surface area (Å²) < 4.78 is 0.804. The first kappa shape index (κ1) is 10.6. The Morgan fingerprint density at radius 1 is 1.38 bits per heavy atom. The molecule has 1 aromatic rings. The van der Waals surface area contributed by atoms with Crippen LogP contribution in [0.4, 0.5) is 0 Å². The number of unbranched alkanes of at least 4 members (excludes halogenated alkanes) is 1. The molecule has 0 aliphatic heterocycles. The van der Waals surface area contributed by atoms with Gasteiger partial charge >= 0.3 is 0 Å². The second kappa shape index (κ2) is 4.66. The second-order valence-corrected chi connectivity index (χ2v) is 4.20. The summed E-state index contributed by atoms with van der Waals surface area (Å²) in [7, 11) is 0. The molecule has 0 heterocycles. The fraction of sp³-hybridized carbons (Fsp3) is 0.455. The van der Waals surface area contributed by atoms with E-state index in [2.05, 4.69) is 28.9 Å². The summed E-state index contributed by atoms with van der Waals surface area (Å²) in [6, 6.07) is 4.05. The number of rotatable bonds is 3. The summed E-state index contributed by atoms with van der Waals surface area (Å²) in [5, 5.41) is 9.51. The molecule has 1 aromatic carbocycles. The van der Waals surface area contributed by atoms with Crippen molar-refractivity contribution >= 4 is 15.9 Å². The van der Waals surface area contributed by atoms with Crippen LogP contribution < -0.4 is 0 Å². The van der Waals surface area contributed by atoms with Crippen LogP contribution in [-0.4, -0.2) is 5.11 Å². The number of hydrogen-bond donors (Lipinski definition) is 1. The molecule has 0 aliphatic rings. The van der Waals surface area contributed by atoms with Gasteiger partial charge in [0.15, 0.2) is 0 Å². The molecule has 0 saturated heterocycles. The van der Waals surface area contributed by atoms with E-state index >= 15 is 0 Å². The van der Waals surface area contributed by atoms with Crippen molar-refractivity contribution in [1.29, 1.82) is 0 Å². The first-order chi connectivity index (χ1) is 6.15. The second-order valence-electron chi connectivity index (χ2n) is 3.35. The molecule has 1 nitrogen and oxygen atoms in total. The number of phenolic OH excluding ortho intramolecular Hbond substituents is 1. The lowest BCUT2D eigenvalue weighted by molar-refractivity contribution is 0.467. The zero-order valence-electron chi connectivity index (χ0n) is 8.10. The van der Waals surface area contributed by atoms with Gasteiger partial charge in [0.25, 0.3) is 0 Å². The molecule has 0 bridgehead atoms. The molecule has 72 valence electrons. The van der Waals surface area contributed by atoms with E-state index in [9.17, 15) is 5.11 Å². The van der Waals surface area contributed by atoms with Crippen molar-refractivity contribution in [2.75, 3.05) is 0 Å². The highest BCUT2D eigenvalue weighted by Gasteiger charge is 2.03. The van der Waals surface area contributed by atoms with Gasteiger partial charge in [-0.05, 0) is 52.9 Å². The summed E-state index contributed by atoms with van der Waals surface area (Å²) in [5.41, 5.74) is 2.24. The predicted molar refractivity (Wildman–Crippen MR) is 59.2 cm³/mol. The van der Waals surface area contributed by atoms with E-state index in [0.29, 0.717) is 5.75 Å². The Morgan fingerprint density at radius 2 is 2.08 bits per heavy atom. The molecule has 0 spiro atoms. The first-order valence-corrected chi connectivity index (χ1v) is 5.42. The molecule has 13 heavy (non-hydrogen) atoms. The van der Waals surface area contributed by atoms with E-state index in [1.165, 1.54) is 18.4 Å². The highest BCUT2D eigenvalue weighted by atomic mass is 79.9. The lowest BCUT2D eigenvalue weighted by Gasteiger charge is -2.05. The van der Waals surface area contributed by atoms with E-state index in [-0.39, 0.29) is 0 Å². The minimum Gasteiger partial charge on any atom is -0.506 e. The fourth-order valence-electron chi connectivity index (χ4n) is 1.33. The number of halogens is 1. The standard InChI is InChI=1S/C11H15BrO/c1-3-4-5-9-6-8(2)11(13)10(12)7-9/h6-7,13H,3-5H2,1-2H3.